The second kappa shape index (κ2) is 8.62. The fourth-order valence-corrected chi connectivity index (χ4v) is 4.32. The Bertz CT molecular complexity index is 823. The van der Waals surface area contributed by atoms with E-state index in [1.54, 1.807) is 11.0 Å². The number of rotatable bonds is 6. The quantitative estimate of drug-likeness (QED) is 0.718. The van der Waals surface area contributed by atoms with Crippen LogP contribution in [0.5, 0.6) is 5.75 Å². The molecule has 1 aliphatic carbocycles. The molecule has 8 heteroatoms. The first-order valence-corrected chi connectivity index (χ1v) is 10.8. The Morgan fingerprint density at radius 3 is 2.53 bits per heavy atom. The van der Waals surface area contributed by atoms with E-state index in [1.807, 2.05) is 49.9 Å². The molecule has 2 fully saturated rings. The summed E-state index contributed by atoms with van der Waals surface area (Å²) in [6, 6.07) is 7.80. The highest BCUT2D eigenvalue weighted by molar-refractivity contribution is 5.68. The zero-order chi connectivity index (χ0) is 21.1. The first-order valence-electron chi connectivity index (χ1n) is 10.8. The van der Waals surface area contributed by atoms with Gasteiger partial charge in [-0.3, -0.25) is 0 Å². The number of likely N-dealkylation sites (tertiary alicyclic amines) is 1. The maximum absolute atomic E-state index is 12.2. The molecule has 2 heterocycles. The van der Waals surface area contributed by atoms with Crippen molar-refractivity contribution in [2.75, 3.05) is 19.7 Å². The first-order chi connectivity index (χ1) is 14.4. The minimum absolute atomic E-state index is 0.173. The van der Waals surface area contributed by atoms with Gasteiger partial charge in [-0.15, -0.1) is 5.10 Å². The van der Waals surface area contributed by atoms with Crippen LogP contribution in [0.1, 0.15) is 46.5 Å². The molecule has 30 heavy (non-hydrogen) atoms. The molecule has 2 atom stereocenters. The summed E-state index contributed by atoms with van der Waals surface area (Å²) < 4.78 is 13.0. The second-order valence-electron chi connectivity index (χ2n) is 9.35. The lowest BCUT2D eigenvalue weighted by molar-refractivity contribution is 0.0174. The molecule has 1 aliphatic heterocycles. The van der Waals surface area contributed by atoms with Gasteiger partial charge in [-0.2, -0.15) is 0 Å². The number of carbonyl (C=O) groups is 1. The van der Waals surface area contributed by atoms with Crippen LogP contribution in [-0.4, -0.2) is 56.5 Å². The predicted molar refractivity (Wildman–Crippen MR) is 111 cm³/mol. The maximum atomic E-state index is 12.2. The van der Waals surface area contributed by atoms with Crippen LogP contribution in [0.2, 0.25) is 0 Å². The average Bonchev–Trinajstić information content (AvgIpc) is 3.27. The minimum Gasteiger partial charge on any atom is -0.494 e. The monoisotopic (exact) mass is 413 g/mol. The van der Waals surface area contributed by atoms with Crippen molar-refractivity contribution in [3.8, 4) is 11.4 Å². The van der Waals surface area contributed by atoms with Crippen LogP contribution in [0.15, 0.2) is 30.6 Å². The van der Waals surface area contributed by atoms with Crippen molar-refractivity contribution >= 4 is 6.09 Å². The highest BCUT2D eigenvalue weighted by atomic mass is 16.6. The van der Waals surface area contributed by atoms with Crippen molar-refractivity contribution in [1.29, 1.82) is 0 Å². The molecule has 162 valence electrons. The van der Waals surface area contributed by atoms with Crippen LogP contribution >= 0.6 is 0 Å². The number of carbonyl (C=O) groups excluding carboxylic acids is 1. The first kappa shape index (κ1) is 20.6. The number of tetrazole rings is 1. The lowest BCUT2D eigenvalue weighted by Gasteiger charge is -2.33. The van der Waals surface area contributed by atoms with Gasteiger partial charge in [0.2, 0.25) is 0 Å². The van der Waals surface area contributed by atoms with Crippen LogP contribution in [-0.2, 0) is 4.74 Å². The SMILES string of the molecule is CC(C)(C)OC(=O)N1CCC([C@H]2C[C@H]2CCOc2ccc(-n3cnnn3)cc2)CC1. The van der Waals surface area contributed by atoms with Crippen LogP contribution in [0, 0.1) is 17.8 Å². The zero-order valence-corrected chi connectivity index (χ0v) is 18.0. The maximum Gasteiger partial charge on any atom is 0.410 e. The Kier molecular flexibility index (Phi) is 5.92. The third kappa shape index (κ3) is 5.29. The van der Waals surface area contributed by atoms with E-state index < -0.39 is 5.60 Å². The molecule has 1 amide bonds. The number of amides is 1. The highest BCUT2D eigenvalue weighted by Gasteiger charge is 2.43. The summed E-state index contributed by atoms with van der Waals surface area (Å²) in [5, 5.41) is 11.2. The van der Waals surface area contributed by atoms with E-state index >= 15 is 0 Å². The third-order valence-corrected chi connectivity index (χ3v) is 5.98. The van der Waals surface area contributed by atoms with Gasteiger partial charge in [0.15, 0.2) is 0 Å². The van der Waals surface area contributed by atoms with E-state index in [1.165, 1.54) is 6.42 Å². The summed E-state index contributed by atoms with van der Waals surface area (Å²) in [5.74, 6) is 3.14. The van der Waals surface area contributed by atoms with Gasteiger partial charge in [-0.05, 0) is 98.9 Å². The lowest BCUT2D eigenvalue weighted by atomic mass is 9.90. The van der Waals surface area contributed by atoms with E-state index in [4.69, 9.17) is 9.47 Å². The highest BCUT2D eigenvalue weighted by Crippen LogP contribution is 2.49. The second-order valence-corrected chi connectivity index (χ2v) is 9.35. The molecule has 1 aromatic heterocycles. The Morgan fingerprint density at radius 2 is 1.90 bits per heavy atom. The number of ether oxygens (including phenoxy) is 2. The zero-order valence-electron chi connectivity index (χ0n) is 18.0. The predicted octanol–water partition coefficient (Wildman–Crippen LogP) is 3.71. The number of nitrogens with zero attached hydrogens (tertiary/aromatic N) is 5. The Balaban J connectivity index is 1.15. The van der Waals surface area contributed by atoms with Crippen LogP contribution in [0.25, 0.3) is 5.69 Å². The molecule has 0 radical (unpaired) electrons. The summed E-state index contributed by atoms with van der Waals surface area (Å²) in [7, 11) is 0. The van der Waals surface area contributed by atoms with Crippen LogP contribution in [0.4, 0.5) is 4.79 Å². The molecule has 1 aromatic carbocycles. The lowest BCUT2D eigenvalue weighted by Crippen LogP contribution is -2.42. The minimum atomic E-state index is -0.427. The van der Waals surface area contributed by atoms with Gasteiger partial charge in [-0.1, -0.05) is 0 Å². The van der Waals surface area contributed by atoms with Gasteiger partial charge >= 0.3 is 6.09 Å². The molecule has 1 saturated heterocycles. The molecule has 1 saturated carbocycles. The van der Waals surface area contributed by atoms with Crippen molar-refractivity contribution in [2.24, 2.45) is 17.8 Å². The molecule has 8 nitrogen and oxygen atoms in total. The Morgan fingerprint density at radius 1 is 1.17 bits per heavy atom. The van der Waals surface area contributed by atoms with Gasteiger partial charge in [0.1, 0.15) is 17.7 Å². The van der Waals surface area contributed by atoms with E-state index in [2.05, 4.69) is 15.5 Å². The van der Waals surface area contributed by atoms with Crippen molar-refractivity contribution in [2.45, 2.75) is 52.1 Å². The van der Waals surface area contributed by atoms with Gasteiger partial charge in [0.05, 0.1) is 12.3 Å². The Hall–Kier alpha value is -2.64. The molecule has 0 N–H and O–H groups in total. The fourth-order valence-electron chi connectivity index (χ4n) is 4.32. The van der Waals surface area contributed by atoms with Crippen molar-refractivity contribution in [1.82, 2.24) is 25.1 Å². The van der Waals surface area contributed by atoms with E-state index in [9.17, 15) is 4.79 Å². The normalized spacial score (nSPS) is 22.0. The van der Waals surface area contributed by atoms with Crippen molar-refractivity contribution in [3.63, 3.8) is 0 Å². The standard InChI is InChI=1S/C22H31N5O3/c1-22(2,3)30-21(28)26-11-8-16(9-12-26)20-14-17(20)10-13-29-19-6-4-18(5-7-19)27-15-23-24-25-27/h4-7,15-17,20H,8-14H2,1-3H3/t17-,20-/m1/s1. The van der Waals surface area contributed by atoms with Gasteiger partial charge in [-0.25, -0.2) is 9.48 Å². The molecule has 0 bridgehead atoms. The molecular weight excluding hydrogens is 382 g/mol. The van der Waals surface area contributed by atoms with Crippen molar-refractivity contribution < 1.29 is 14.3 Å². The topological polar surface area (TPSA) is 82.4 Å². The summed E-state index contributed by atoms with van der Waals surface area (Å²) >= 11 is 0. The van der Waals surface area contributed by atoms with Gasteiger partial charge < -0.3 is 14.4 Å². The molecular formula is C22H31N5O3. The molecule has 2 aliphatic rings. The van der Waals surface area contributed by atoms with E-state index in [-0.39, 0.29) is 6.09 Å². The summed E-state index contributed by atoms with van der Waals surface area (Å²) in [6.07, 6.45) is 5.94. The van der Waals surface area contributed by atoms with E-state index in [0.29, 0.717) is 0 Å². The average molecular weight is 414 g/mol. The molecule has 0 unspecified atom stereocenters. The summed E-state index contributed by atoms with van der Waals surface area (Å²) in [6.45, 7) is 8.11. The number of piperidine rings is 1. The molecule has 2 aromatic rings. The van der Waals surface area contributed by atoms with Gasteiger partial charge in [0.25, 0.3) is 0 Å². The smallest absolute Gasteiger partial charge is 0.410 e. The summed E-state index contributed by atoms with van der Waals surface area (Å²) in [5.41, 5.74) is 0.482. The molecule has 0 spiro atoms. The third-order valence-electron chi connectivity index (χ3n) is 5.98. The number of hydrogen-bond acceptors (Lipinski definition) is 6. The molecule has 4 rings (SSSR count). The van der Waals surface area contributed by atoms with E-state index in [0.717, 1.165) is 68.1 Å². The fraction of sp³-hybridized carbons (Fsp3) is 0.636. The number of benzene rings is 1. The van der Waals surface area contributed by atoms with Crippen molar-refractivity contribution in [3.05, 3.63) is 30.6 Å². The van der Waals surface area contributed by atoms with Crippen LogP contribution < -0.4 is 4.74 Å². The largest absolute Gasteiger partial charge is 0.494 e. The van der Waals surface area contributed by atoms with Gasteiger partial charge in [0, 0.05) is 13.1 Å². The number of aromatic nitrogens is 4. The summed E-state index contributed by atoms with van der Waals surface area (Å²) in [4.78, 5) is 14.1. The van der Waals surface area contributed by atoms with Crippen LogP contribution in [0.3, 0.4) is 0 Å². The number of hydrogen-bond donors (Lipinski definition) is 0. The Labute approximate surface area is 177 Å².